The largest absolute Gasteiger partial charge is 0.339 e. The third kappa shape index (κ3) is 3.04. The highest BCUT2D eigenvalue weighted by atomic mass is 16.2. The minimum absolute atomic E-state index is 0.0920. The molecule has 0 aromatic heterocycles. The molecule has 0 saturated carbocycles. The summed E-state index contributed by atoms with van der Waals surface area (Å²) in [4.78, 5) is 17.1. The van der Waals surface area contributed by atoms with Crippen LogP contribution in [0.1, 0.15) is 40.0 Å². The SMILES string of the molecule is CC(C)(C)N1CCCCC1C(=O)N1CCNCC1. The van der Waals surface area contributed by atoms with Gasteiger partial charge in [0.25, 0.3) is 0 Å². The number of carbonyl (C=O) groups is 1. The van der Waals surface area contributed by atoms with Crippen molar-refractivity contribution in [2.45, 2.75) is 51.6 Å². The number of likely N-dealkylation sites (tertiary alicyclic amines) is 1. The van der Waals surface area contributed by atoms with Gasteiger partial charge >= 0.3 is 0 Å². The number of hydrogen-bond acceptors (Lipinski definition) is 3. The number of piperazine rings is 1. The van der Waals surface area contributed by atoms with E-state index in [9.17, 15) is 4.79 Å². The number of hydrogen-bond donors (Lipinski definition) is 1. The molecule has 4 nitrogen and oxygen atoms in total. The van der Waals surface area contributed by atoms with E-state index in [1.54, 1.807) is 0 Å². The van der Waals surface area contributed by atoms with Crippen molar-refractivity contribution < 1.29 is 4.79 Å². The molecule has 0 aromatic rings. The standard InChI is InChI=1S/C14H27N3O/c1-14(2,3)17-9-5-4-6-12(17)13(18)16-10-7-15-8-11-16/h12,15H,4-11H2,1-3H3. The lowest BCUT2D eigenvalue weighted by Gasteiger charge is -2.45. The van der Waals surface area contributed by atoms with E-state index in [4.69, 9.17) is 0 Å². The van der Waals surface area contributed by atoms with E-state index in [0.717, 1.165) is 39.1 Å². The summed E-state index contributed by atoms with van der Waals surface area (Å²) in [6, 6.07) is 0.108. The molecule has 1 atom stereocenters. The minimum atomic E-state index is 0.0920. The zero-order chi connectivity index (χ0) is 13.2. The van der Waals surface area contributed by atoms with Gasteiger partial charge in [0.1, 0.15) is 0 Å². The van der Waals surface area contributed by atoms with Crippen LogP contribution in [0.15, 0.2) is 0 Å². The van der Waals surface area contributed by atoms with E-state index in [0.29, 0.717) is 5.91 Å². The summed E-state index contributed by atoms with van der Waals surface area (Å²) in [5, 5.41) is 3.31. The Morgan fingerprint density at radius 3 is 2.39 bits per heavy atom. The van der Waals surface area contributed by atoms with Crippen molar-refractivity contribution in [3.63, 3.8) is 0 Å². The summed E-state index contributed by atoms with van der Waals surface area (Å²) >= 11 is 0. The molecule has 0 bridgehead atoms. The molecule has 1 amide bonds. The van der Waals surface area contributed by atoms with Gasteiger partial charge in [-0.3, -0.25) is 9.69 Å². The van der Waals surface area contributed by atoms with E-state index >= 15 is 0 Å². The predicted octanol–water partition coefficient (Wildman–Crippen LogP) is 1.07. The normalized spacial score (nSPS) is 27.3. The molecule has 2 saturated heterocycles. The quantitative estimate of drug-likeness (QED) is 0.759. The van der Waals surface area contributed by atoms with Crippen molar-refractivity contribution >= 4 is 5.91 Å². The van der Waals surface area contributed by atoms with E-state index in [1.807, 2.05) is 4.90 Å². The van der Waals surface area contributed by atoms with Gasteiger partial charge < -0.3 is 10.2 Å². The van der Waals surface area contributed by atoms with Gasteiger partial charge in [-0.25, -0.2) is 0 Å². The summed E-state index contributed by atoms with van der Waals surface area (Å²) in [7, 11) is 0. The van der Waals surface area contributed by atoms with Gasteiger partial charge in [-0.1, -0.05) is 6.42 Å². The van der Waals surface area contributed by atoms with E-state index in [-0.39, 0.29) is 11.6 Å². The van der Waals surface area contributed by atoms with Crippen LogP contribution in [0, 0.1) is 0 Å². The van der Waals surface area contributed by atoms with Crippen molar-refractivity contribution in [1.29, 1.82) is 0 Å². The lowest BCUT2D eigenvalue weighted by Crippen LogP contribution is -2.59. The van der Waals surface area contributed by atoms with E-state index in [2.05, 4.69) is 31.0 Å². The Bertz CT molecular complexity index is 292. The zero-order valence-corrected chi connectivity index (χ0v) is 12.0. The minimum Gasteiger partial charge on any atom is -0.339 e. The Balaban J connectivity index is 2.05. The van der Waals surface area contributed by atoms with Crippen LogP contribution < -0.4 is 5.32 Å². The molecule has 2 fully saturated rings. The Kier molecular flexibility index (Phi) is 4.28. The van der Waals surface area contributed by atoms with Crippen molar-refractivity contribution in [1.82, 2.24) is 15.1 Å². The van der Waals surface area contributed by atoms with Gasteiger partial charge in [-0.05, 0) is 40.2 Å². The van der Waals surface area contributed by atoms with Gasteiger partial charge in [0.15, 0.2) is 0 Å². The summed E-state index contributed by atoms with van der Waals surface area (Å²) in [6.07, 6.45) is 3.44. The molecule has 0 radical (unpaired) electrons. The Morgan fingerprint density at radius 2 is 1.78 bits per heavy atom. The average molecular weight is 253 g/mol. The number of piperidine rings is 1. The van der Waals surface area contributed by atoms with Crippen LogP contribution in [0.25, 0.3) is 0 Å². The van der Waals surface area contributed by atoms with Crippen LogP contribution in [0.2, 0.25) is 0 Å². The van der Waals surface area contributed by atoms with Gasteiger partial charge in [-0.2, -0.15) is 0 Å². The maximum Gasteiger partial charge on any atom is 0.240 e. The molecule has 1 unspecified atom stereocenters. The van der Waals surface area contributed by atoms with Gasteiger partial charge in [0.2, 0.25) is 5.91 Å². The molecule has 2 aliphatic rings. The summed E-state index contributed by atoms with van der Waals surface area (Å²) in [5.74, 6) is 0.353. The molecule has 0 aromatic carbocycles. The van der Waals surface area contributed by atoms with E-state index < -0.39 is 0 Å². The maximum absolute atomic E-state index is 12.7. The average Bonchev–Trinajstić information content (AvgIpc) is 2.38. The number of nitrogens with zero attached hydrogens (tertiary/aromatic N) is 2. The molecule has 2 rings (SSSR count). The molecular weight excluding hydrogens is 226 g/mol. The second kappa shape index (κ2) is 5.57. The highest BCUT2D eigenvalue weighted by Crippen LogP contribution is 2.26. The van der Waals surface area contributed by atoms with Crippen molar-refractivity contribution in [3.05, 3.63) is 0 Å². The maximum atomic E-state index is 12.7. The third-order valence-electron chi connectivity index (χ3n) is 4.08. The highest BCUT2D eigenvalue weighted by molar-refractivity contribution is 5.82. The second-order valence-electron chi connectivity index (χ2n) is 6.45. The molecule has 0 spiro atoms. The van der Waals surface area contributed by atoms with Crippen LogP contribution in [0.4, 0.5) is 0 Å². The second-order valence-corrected chi connectivity index (χ2v) is 6.45. The molecule has 0 aliphatic carbocycles. The summed E-state index contributed by atoms with van der Waals surface area (Å²) in [6.45, 7) is 11.3. The number of amides is 1. The van der Waals surface area contributed by atoms with Gasteiger partial charge in [0.05, 0.1) is 6.04 Å². The zero-order valence-electron chi connectivity index (χ0n) is 12.0. The molecule has 18 heavy (non-hydrogen) atoms. The van der Waals surface area contributed by atoms with Gasteiger partial charge in [0, 0.05) is 31.7 Å². The fraction of sp³-hybridized carbons (Fsp3) is 0.929. The number of nitrogens with one attached hydrogen (secondary N) is 1. The lowest BCUT2D eigenvalue weighted by atomic mass is 9.93. The number of carbonyl (C=O) groups excluding carboxylic acids is 1. The molecule has 4 heteroatoms. The fourth-order valence-electron chi connectivity index (χ4n) is 3.09. The predicted molar refractivity (Wildman–Crippen MR) is 73.5 cm³/mol. The molecule has 2 heterocycles. The third-order valence-corrected chi connectivity index (χ3v) is 4.08. The first-order valence-corrected chi connectivity index (χ1v) is 7.26. The van der Waals surface area contributed by atoms with Crippen molar-refractivity contribution in [3.8, 4) is 0 Å². The molecule has 104 valence electrons. The molecule has 1 N–H and O–H groups in total. The van der Waals surface area contributed by atoms with Crippen molar-refractivity contribution in [2.75, 3.05) is 32.7 Å². The topological polar surface area (TPSA) is 35.6 Å². The monoisotopic (exact) mass is 253 g/mol. The first-order valence-electron chi connectivity index (χ1n) is 7.26. The lowest BCUT2D eigenvalue weighted by molar-refractivity contribution is -0.141. The van der Waals surface area contributed by atoms with Crippen LogP contribution in [0.5, 0.6) is 0 Å². The molecular formula is C14H27N3O. The summed E-state index contributed by atoms with van der Waals surface area (Å²) in [5.41, 5.74) is 0.0920. The van der Waals surface area contributed by atoms with Crippen LogP contribution in [-0.4, -0.2) is 60.0 Å². The van der Waals surface area contributed by atoms with Crippen molar-refractivity contribution in [2.24, 2.45) is 0 Å². The van der Waals surface area contributed by atoms with E-state index in [1.165, 1.54) is 12.8 Å². The Hall–Kier alpha value is -0.610. The van der Waals surface area contributed by atoms with Crippen LogP contribution in [0.3, 0.4) is 0 Å². The first-order chi connectivity index (χ1) is 8.50. The summed E-state index contributed by atoms with van der Waals surface area (Å²) < 4.78 is 0. The van der Waals surface area contributed by atoms with Crippen LogP contribution in [-0.2, 0) is 4.79 Å². The molecule has 2 aliphatic heterocycles. The Morgan fingerprint density at radius 1 is 1.11 bits per heavy atom. The highest BCUT2D eigenvalue weighted by Gasteiger charge is 2.37. The first kappa shape index (κ1) is 13.8. The van der Waals surface area contributed by atoms with Gasteiger partial charge in [-0.15, -0.1) is 0 Å². The van der Waals surface area contributed by atoms with Crippen LogP contribution >= 0.6 is 0 Å². The number of rotatable bonds is 1. The Labute approximate surface area is 111 Å². The fourth-order valence-corrected chi connectivity index (χ4v) is 3.09. The smallest absolute Gasteiger partial charge is 0.240 e.